The molecule has 1 fully saturated rings. The number of piperidine rings is 1. The molecule has 2 heterocycles. The highest BCUT2D eigenvalue weighted by atomic mass is 16.4. The van der Waals surface area contributed by atoms with Crippen molar-refractivity contribution in [1.82, 2.24) is 4.98 Å². The molecule has 0 amide bonds. The Morgan fingerprint density at radius 2 is 2.26 bits per heavy atom. The number of carboxylic acids is 1. The number of carbonyl (C=O) groups is 1. The van der Waals surface area contributed by atoms with Gasteiger partial charge in [-0.3, -0.25) is 0 Å². The van der Waals surface area contributed by atoms with Crippen LogP contribution in [0.2, 0.25) is 0 Å². The summed E-state index contributed by atoms with van der Waals surface area (Å²) >= 11 is 0. The molecule has 0 saturated carbocycles. The Labute approximate surface area is 114 Å². The van der Waals surface area contributed by atoms with Gasteiger partial charge < -0.3 is 10.0 Å². The molecule has 0 spiro atoms. The number of aryl methyl sites for hydroxylation is 1. The van der Waals surface area contributed by atoms with E-state index in [1.165, 1.54) is 19.3 Å². The maximum atomic E-state index is 11.2. The van der Waals surface area contributed by atoms with Gasteiger partial charge in [-0.25, -0.2) is 9.78 Å². The molecule has 4 nitrogen and oxygen atoms in total. The Bertz CT molecular complexity index is 459. The van der Waals surface area contributed by atoms with E-state index < -0.39 is 5.97 Å². The van der Waals surface area contributed by atoms with E-state index in [-0.39, 0.29) is 0 Å². The molecule has 0 aromatic carbocycles. The first kappa shape index (κ1) is 13.8. The Kier molecular flexibility index (Phi) is 4.40. The molecule has 2 rings (SSSR count). The Morgan fingerprint density at radius 3 is 2.89 bits per heavy atom. The van der Waals surface area contributed by atoms with Crippen LogP contribution < -0.4 is 4.90 Å². The van der Waals surface area contributed by atoms with Crippen LogP contribution in [0.25, 0.3) is 0 Å². The van der Waals surface area contributed by atoms with Crippen molar-refractivity contribution in [3.63, 3.8) is 0 Å². The van der Waals surface area contributed by atoms with Crippen molar-refractivity contribution >= 4 is 11.8 Å². The minimum absolute atomic E-state index is 0.348. The highest BCUT2D eigenvalue weighted by Crippen LogP contribution is 2.24. The van der Waals surface area contributed by atoms with Crippen LogP contribution in [-0.4, -0.2) is 29.1 Å². The summed E-state index contributed by atoms with van der Waals surface area (Å²) in [4.78, 5) is 18.0. The lowest BCUT2D eigenvalue weighted by atomic mass is 9.95. The van der Waals surface area contributed by atoms with Gasteiger partial charge >= 0.3 is 5.97 Å². The van der Waals surface area contributed by atoms with Crippen molar-refractivity contribution in [3.05, 3.63) is 23.4 Å². The van der Waals surface area contributed by atoms with E-state index in [1.54, 1.807) is 12.1 Å². The summed E-state index contributed by atoms with van der Waals surface area (Å²) in [5.74, 6) is 0.659. The minimum atomic E-state index is -0.873. The zero-order valence-corrected chi connectivity index (χ0v) is 11.7. The maximum Gasteiger partial charge on any atom is 0.335 e. The lowest BCUT2D eigenvalue weighted by molar-refractivity contribution is 0.0696. The molecule has 1 N–H and O–H groups in total. The van der Waals surface area contributed by atoms with Crippen molar-refractivity contribution in [2.45, 2.75) is 39.5 Å². The van der Waals surface area contributed by atoms with E-state index in [0.29, 0.717) is 11.5 Å². The predicted molar refractivity (Wildman–Crippen MR) is 75.8 cm³/mol. The van der Waals surface area contributed by atoms with Crippen LogP contribution in [-0.2, 0) is 6.42 Å². The first-order chi connectivity index (χ1) is 9.13. The van der Waals surface area contributed by atoms with E-state index in [2.05, 4.69) is 16.8 Å². The van der Waals surface area contributed by atoms with Crippen LogP contribution in [0.3, 0.4) is 0 Å². The number of aromatic nitrogens is 1. The predicted octanol–water partition coefficient (Wildman–Crippen LogP) is 2.97. The molecule has 19 heavy (non-hydrogen) atoms. The molecular formula is C15H22N2O2. The van der Waals surface area contributed by atoms with E-state index in [1.807, 2.05) is 6.92 Å². The number of rotatable bonds is 4. The summed E-state index contributed by atoms with van der Waals surface area (Å²) < 4.78 is 0. The maximum absolute atomic E-state index is 11.2. The molecule has 1 aliphatic heterocycles. The second-order valence-corrected chi connectivity index (χ2v) is 5.23. The van der Waals surface area contributed by atoms with Gasteiger partial charge in [-0.05, 0) is 37.3 Å². The third-order valence-electron chi connectivity index (χ3n) is 3.89. The normalized spacial score (nSPS) is 19.5. The fraction of sp³-hybridized carbons (Fsp3) is 0.600. The van der Waals surface area contributed by atoms with Gasteiger partial charge in [-0.2, -0.15) is 0 Å². The van der Waals surface area contributed by atoms with Crippen LogP contribution >= 0.6 is 0 Å². The summed E-state index contributed by atoms with van der Waals surface area (Å²) in [6, 6.07) is 3.38. The van der Waals surface area contributed by atoms with E-state index in [9.17, 15) is 9.90 Å². The van der Waals surface area contributed by atoms with E-state index in [4.69, 9.17) is 0 Å². The summed E-state index contributed by atoms with van der Waals surface area (Å²) in [7, 11) is 0. The highest BCUT2D eigenvalue weighted by Gasteiger charge is 2.20. The molecule has 0 radical (unpaired) electrons. The average Bonchev–Trinajstić information content (AvgIpc) is 2.46. The summed E-state index contributed by atoms with van der Waals surface area (Å²) in [6.45, 7) is 6.20. The zero-order valence-electron chi connectivity index (χ0n) is 11.7. The Balaban J connectivity index is 2.27. The largest absolute Gasteiger partial charge is 0.478 e. The molecule has 1 aliphatic rings. The first-order valence-corrected chi connectivity index (χ1v) is 7.13. The fourth-order valence-electron chi connectivity index (χ4n) is 2.64. The number of hydrogen-bond donors (Lipinski definition) is 1. The van der Waals surface area contributed by atoms with Gasteiger partial charge in [0.25, 0.3) is 0 Å². The lowest BCUT2D eigenvalue weighted by Gasteiger charge is -2.33. The Hall–Kier alpha value is -1.58. The molecule has 1 aromatic rings. The van der Waals surface area contributed by atoms with Crippen LogP contribution in [0.15, 0.2) is 12.1 Å². The number of nitrogens with zero attached hydrogens (tertiary/aromatic N) is 2. The molecule has 0 bridgehead atoms. The van der Waals surface area contributed by atoms with Gasteiger partial charge in [0, 0.05) is 18.8 Å². The molecule has 4 heteroatoms. The first-order valence-electron chi connectivity index (χ1n) is 7.13. The molecule has 0 aliphatic carbocycles. The van der Waals surface area contributed by atoms with Gasteiger partial charge in [0.05, 0.1) is 5.56 Å². The summed E-state index contributed by atoms with van der Waals surface area (Å²) in [5, 5.41) is 9.18. The van der Waals surface area contributed by atoms with Crippen molar-refractivity contribution in [3.8, 4) is 0 Å². The number of pyridine rings is 1. The van der Waals surface area contributed by atoms with Crippen molar-refractivity contribution in [2.75, 3.05) is 18.0 Å². The molecule has 1 unspecified atom stereocenters. The third kappa shape index (κ3) is 3.25. The number of aromatic carboxylic acids is 1. The number of anilines is 1. The van der Waals surface area contributed by atoms with E-state index >= 15 is 0 Å². The Morgan fingerprint density at radius 1 is 1.47 bits per heavy atom. The van der Waals surface area contributed by atoms with Crippen molar-refractivity contribution < 1.29 is 9.90 Å². The average molecular weight is 262 g/mol. The molecular weight excluding hydrogens is 240 g/mol. The van der Waals surface area contributed by atoms with Gasteiger partial charge in [0.2, 0.25) is 0 Å². The van der Waals surface area contributed by atoms with Crippen LogP contribution in [0.5, 0.6) is 0 Å². The van der Waals surface area contributed by atoms with Crippen LogP contribution in [0, 0.1) is 5.92 Å². The molecule has 1 saturated heterocycles. The summed E-state index contributed by atoms with van der Waals surface area (Å²) in [5.41, 5.74) is 1.20. The number of carboxylic acid groups (broad SMARTS) is 1. The standard InChI is InChI=1S/C15H22N2O2/c1-3-11-6-5-7-17(10-11)14-9-12(15(18)19)8-13(4-2)16-14/h8-9,11H,3-7,10H2,1-2H3,(H,18,19). The molecule has 104 valence electrons. The van der Waals surface area contributed by atoms with Crippen molar-refractivity contribution in [2.24, 2.45) is 5.92 Å². The fourth-order valence-corrected chi connectivity index (χ4v) is 2.64. The monoisotopic (exact) mass is 262 g/mol. The molecule has 1 aromatic heterocycles. The lowest BCUT2D eigenvalue weighted by Crippen LogP contribution is -2.36. The van der Waals surface area contributed by atoms with Gasteiger partial charge in [0.1, 0.15) is 5.82 Å². The van der Waals surface area contributed by atoms with Crippen LogP contribution in [0.1, 0.15) is 49.2 Å². The third-order valence-corrected chi connectivity index (χ3v) is 3.89. The quantitative estimate of drug-likeness (QED) is 0.906. The highest BCUT2D eigenvalue weighted by molar-refractivity contribution is 5.88. The van der Waals surface area contributed by atoms with Crippen molar-refractivity contribution in [1.29, 1.82) is 0 Å². The van der Waals surface area contributed by atoms with Gasteiger partial charge in [-0.1, -0.05) is 20.3 Å². The smallest absolute Gasteiger partial charge is 0.335 e. The summed E-state index contributed by atoms with van der Waals surface area (Å²) in [6.07, 6.45) is 4.38. The second kappa shape index (κ2) is 6.04. The number of hydrogen-bond acceptors (Lipinski definition) is 3. The SMILES string of the molecule is CCc1cc(C(=O)O)cc(N2CCCC(CC)C2)n1. The second-order valence-electron chi connectivity index (χ2n) is 5.23. The van der Waals surface area contributed by atoms with E-state index in [0.717, 1.165) is 31.0 Å². The molecule has 1 atom stereocenters. The minimum Gasteiger partial charge on any atom is -0.478 e. The zero-order chi connectivity index (χ0) is 13.8. The topological polar surface area (TPSA) is 53.4 Å². The van der Waals surface area contributed by atoms with Gasteiger partial charge in [0.15, 0.2) is 0 Å². The van der Waals surface area contributed by atoms with Gasteiger partial charge in [-0.15, -0.1) is 0 Å². The van der Waals surface area contributed by atoms with Crippen LogP contribution in [0.4, 0.5) is 5.82 Å².